The molecule has 182 valence electrons. The molecule has 9 heteroatoms. The van der Waals surface area contributed by atoms with Crippen LogP contribution >= 0.6 is 0 Å². The van der Waals surface area contributed by atoms with Gasteiger partial charge in [-0.25, -0.2) is 8.42 Å². The lowest BCUT2D eigenvalue weighted by atomic mass is 10.1. The number of benzene rings is 2. The largest absolute Gasteiger partial charge is 0.372 e. The topological polar surface area (TPSA) is 96.0 Å². The summed E-state index contributed by atoms with van der Waals surface area (Å²) in [5, 5.41) is 2.79. The fraction of sp³-hybridized carbons (Fsp3) is 0.440. The maximum atomic E-state index is 14.1. The van der Waals surface area contributed by atoms with Gasteiger partial charge in [0.2, 0.25) is 11.8 Å². The molecule has 0 aliphatic carbocycles. The van der Waals surface area contributed by atoms with Gasteiger partial charge in [0.05, 0.1) is 34.9 Å². The van der Waals surface area contributed by atoms with Gasteiger partial charge in [0.25, 0.3) is 10.0 Å². The molecule has 1 fully saturated rings. The van der Waals surface area contributed by atoms with Crippen LogP contribution < -0.4 is 9.62 Å². The molecule has 2 aliphatic heterocycles. The monoisotopic (exact) mass is 485 g/mol. The van der Waals surface area contributed by atoms with Crippen molar-refractivity contribution in [3.63, 3.8) is 0 Å². The van der Waals surface area contributed by atoms with Crippen LogP contribution in [0.3, 0.4) is 0 Å². The zero-order valence-electron chi connectivity index (χ0n) is 20.2. The van der Waals surface area contributed by atoms with E-state index >= 15 is 0 Å². The molecule has 2 aromatic rings. The van der Waals surface area contributed by atoms with Crippen molar-refractivity contribution >= 4 is 33.2 Å². The molecule has 0 bridgehead atoms. The number of morpholine rings is 1. The molecule has 4 rings (SSSR count). The standard InChI is InChI=1S/C25H31N3O5S/c1-15-10-16(2)24(17(3)11-15)34(31,32)28-21-9-7-6-8-20(21)26-25(30)22(28)12-23(29)27-13-18(4)33-19(5)14-27/h6-11,18-19,22H,12-14H2,1-5H3,(H,26,30). The molecule has 8 nitrogen and oxygen atoms in total. The number of nitrogens with zero attached hydrogens (tertiary/aromatic N) is 2. The highest BCUT2D eigenvalue weighted by molar-refractivity contribution is 7.93. The van der Waals surface area contributed by atoms with Crippen LogP contribution in [0.1, 0.15) is 37.0 Å². The van der Waals surface area contributed by atoms with Crippen LogP contribution in [-0.4, -0.2) is 56.5 Å². The van der Waals surface area contributed by atoms with E-state index in [9.17, 15) is 18.0 Å². The van der Waals surface area contributed by atoms with E-state index in [1.54, 1.807) is 43.0 Å². The summed E-state index contributed by atoms with van der Waals surface area (Å²) in [4.78, 5) is 28.3. The van der Waals surface area contributed by atoms with Gasteiger partial charge in [-0.05, 0) is 57.9 Å². The van der Waals surface area contributed by atoms with Crippen molar-refractivity contribution in [3.8, 4) is 0 Å². The molecule has 34 heavy (non-hydrogen) atoms. The molecular weight excluding hydrogens is 454 g/mol. The minimum atomic E-state index is -4.16. The minimum Gasteiger partial charge on any atom is -0.372 e. The number of hydrogen-bond acceptors (Lipinski definition) is 5. The quantitative estimate of drug-likeness (QED) is 0.718. The average molecular weight is 486 g/mol. The number of fused-ring (bicyclic) bond motifs is 1. The number of anilines is 2. The second kappa shape index (κ2) is 9.03. The van der Waals surface area contributed by atoms with E-state index in [1.807, 2.05) is 32.9 Å². The van der Waals surface area contributed by atoms with Crippen LogP contribution in [0.5, 0.6) is 0 Å². The van der Waals surface area contributed by atoms with E-state index < -0.39 is 22.0 Å². The Morgan fingerprint density at radius 2 is 1.65 bits per heavy atom. The van der Waals surface area contributed by atoms with Crippen LogP contribution in [-0.2, 0) is 24.3 Å². The summed E-state index contributed by atoms with van der Waals surface area (Å²) in [5.74, 6) is -0.800. The molecule has 0 saturated carbocycles. The van der Waals surface area contributed by atoms with Gasteiger partial charge in [0.1, 0.15) is 6.04 Å². The van der Waals surface area contributed by atoms with Gasteiger partial charge in [-0.15, -0.1) is 0 Å². The first-order chi connectivity index (χ1) is 16.0. The Hall–Kier alpha value is -2.91. The summed E-state index contributed by atoms with van der Waals surface area (Å²) in [7, 11) is -4.16. The SMILES string of the molecule is Cc1cc(C)c(S(=O)(=O)N2c3ccccc3NC(=O)C2CC(=O)N2CC(C)OC(C)C2)c(C)c1. The molecule has 0 radical (unpaired) electrons. The first kappa shape index (κ1) is 24.2. The summed E-state index contributed by atoms with van der Waals surface area (Å²) < 4.78 is 35.1. The third-order valence-electron chi connectivity index (χ3n) is 6.25. The second-order valence-corrected chi connectivity index (χ2v) is 11.1. The lowest BCUT2D eigenvalue weighted by molar-refractivity contribution is -0.144. The molecular formula is C25H31N3O5S. The molecule has 2 aliphatic rings. The Morgan fingerprint density at radius 3 is 2.26 bits per heavy atom. The van der Waals surface area contributed by atoms with E-state index in [1.165, 1.54) is 0 Å². The third kappa shape index (κ3) is 4.42. The number of sulfonamides is 1. The number of para-hydroxylation sites is 2. The molecule has 2 aromatic carbocycles. The molecule has 1 N–H and O–H groups in total. The number of aryl methyl sites for hydroxylation is 3. The first-order valence-electron chi connectivity index (χ1n) is 11.4. The maximum absolute atomic E-state index is 14.1. The Balaban J connectivity index is 1.78. The highest BCUT2D eigenvalue weighted by Crippen LogP contribution is 2.39. The Morgan fingerprint density at radius 1 is 1.06 bits per heavy atom. The fourth-order valence-corrected chi connectivity index (χ4v) is 7.13. The van der Waals surface area contributed by atoms with E-state index in [-0.39, 0.29) is 29.4 Å². The summed E-state index contributed by atoms with van der Waals surface area (Å²) in [5.41, 5.74) is 2.90. The van der Waals surface area contributed by atoms with Crippen molar-refractivity contribution in [1.29, 1.82) is 0 Å². The van der Waals surface area contributed by atoms with Gasteiger partial charge in [-0.3, -0.25) is 13.9 Å². The summed E-state index contributed by atoms with van der Waals surface area (Å²) in [6.45, 7) is 9.98. The van der Waals surface area contributed by atoms with Crippen LogP contribution in [0.15, 0.2) is 41.3 Å². The normalized spacial score (nSPS) is 22.9. The first-order valence-corrected chi connectivity index (χ1v) is 12.9. The van der Waals surface area contributed by atoms with Crippen molar-refractivity contribution in [3.05, 3.63) is 53.1 Å². The second-order valence-electron chi connectivity index (χ2n) is 9.31. The van der Waals surface area contributed by atoms with Gasteiger partial charge in [-0.2, -0.15) is 0 Å². The molecule has 0 spiro atoms. The van der Waals surface area contributed by atoms with E-state index in [2.05, 4.69) is 5.32 Å². The predicted molar refractivity (Wildman–Crippen MR) is 130 cm³/mol. The third-order valence-corrected chi connectivity index (χ3v) is 8.38. The Bertz CT molecular complexity index is 1210. The fourth-order valence-electron chi connectivity index (χ4n) is 5.08. The summed E-state index contributed by atoms with van der Waals surface area (Å²) in [6, 6.07) is 9.18. The van der Waals surface area contributed by atoms with Crippen LogP contribution in [0.4, 0.5) is 11.4 Å². The predicted octanol–water partition coefficient (Wildman–Crippen LogP) is 3.15. The van der Waals surface area contributed by atoms with Gasteiger partial charge in [-0.1, -0.05) is 29.8 Å². The number of carbonyl (C=O) groups is 2. The highest BCUT2D eigenvalue weighted by Gasteiger charge is 2.43. The van der Waals surface area contributed by atoms with Crippen LogP contribution in [0.2, 0.25) is 0 Å². The van der Waals surface area contributed by atoms with Gasteiger partial charge in [0.15, 0.2) is 0 Å². The van der Waals surface area contributed by atoms with Crippen molar-refractivity contribution in [1.82, 2.24) is 4.90 Å². The number of ether oxygens (including phenoxy) is 1. The lowest BCUT2D eigenvalue weighted by Crippen LogP contribution is -2.55. The molecule has 2 amide bonds. The van der Waals surface area contributed by atoms with Crippen LogP contribution in [0.25, 0.3) is 0 Å². The Labute approximate surface area is 200 Å². The average Bonchev–Trinajstić information content (AvgIpc) is 2.72. The highest BCUT2D eigenvalue weighted by atomic mass is 32.2. The van der Waals surface area contributed by atoms with Gasteiger partial charge < -0.3 is 15.0 Å². The zero-order chi connectivity index (χ0) is 24.8. The molecule has 3 unspecified atom stereocenters. The smallest absolute Gasteiger partial charge is 0.265 e. The number of nitrogens with one attached hydrogen (secondary N) is 1. The maximum Gasteiger partial charge on any atom is 0.265 e. The van der Waals surface area contributed by atoms with Crippen molar-refractivity contribution in [2.75, 3.05) is 22.7 Å². The summed E-state index contributed by atoms with van der Waals surface area (Å²) in [6.07, 6.45) is -0.527. The molecule has 0 aromatic heterocycles. The van der Waals surface area contributed by atoms with E-state index in [0.717, 1.165) is 9.87 Å². The van der Waals surface area contributed by atoms with Crippen molar-refractivity contribution in [2.45, 2.75) is 64.2 Å². The van der Waals surface area contributed by atoms with E-state index in [0.29, 0.717) is 35.6 Å². The number of hydrogen-bond donors (Lipinski definition) is 1. The van der Waals surface area contributed by atoms with Crippen molar-refractivity contribution < 1.29 is 22.7 Å². The van der Waals surface area contributed by atoms with E-state index in [4.69, 9.17) is 4.74 Å². The number of amides is 2. The summed E-state index contributed by atoms with van der Waals surface area (Å²) >= 11 is 0. The molecule has 2 heterocycles. The van der Waals surface area contributed by atoms with Gasteiger partial charge >= 0.3 is 0 Å². The number of carbonyl (C=O) groups excluding carboxylic acids is 2. The Kier molecular flexibility index (Phi) is 6.44. The number of rotatable bonds is 4. The molecule has 1 saturated heterocycles. The van der Waals surface area contributed by atoms with Gasteiger partial charge in [0, 0.05) is 13.1 Å². The van der Waals surface area contributed by atoms with Crippen molar-refractivity contribution in [2.24, 2.45) is 0 Å². The molecule has 3 atom stereocenters. The van der Waals surface area contributed by atoms with Crippen LogP contribution in [0, 0.1) is 20.8 Å². The minimum absolute atomic E-state index is 0.133. The lowest BCUT2D eigenvalue weighted by Gasteiger charge is -2.39. The zero-order valence-corrected chi connectivity index (χ0v) is 21.0.